The third-order valence-electron chi connectivity index (χ3n) is 10.7. The van der Waals surface area contributed by atoms with E-state index in [1.165, 1.54) is 12.7 Å². The molecule has 4 fully saturated rings. The molecule has 0 saturated heterocycles. The molecule has 1 spiro atoms. The number of methoxy groups -OCH3 is 1. The monoisotopic (exact) mass is 426 g/mol. The number of rotatable bonds is 2. The number of ether oxygens (including phenoxy) is 1. The summed E-state index contributed by atoms with van der Waals surface area (Å²) in [6.45, 7) is 9.00. The zero-order valence-electron chi connectivity index (χ0n) is 19.8. The van der Waals surface area contributed by atoms with Crippen molar-refractivity contribution in [2.45, 2.75) is 79.1 Å². The van der Waals surface area contributed by atoms with Gasteiger partial charge in [-0.2, -0.15) is 0 Å². The van der Waals surface area contributed by atoms with Crippen molar-refractivity contribution in [3.8, 4) is 0 Å². The largest absolute Gasteiger partial charge is 0.469 e. The molecule has 4 nitrogen and oxygen atoms in total. The van der Waals surface area contributed by atoms with Gasteiger partial charge in [-0.05, 0) is 68.1 Å². The fourth-order valence-electron chi connectivity index (χ4n) is 9.56. The number of allylic oxidation sites excluding steroid dienone is 2. The first-order valence-corrected chi connectivity index (χ1v) is 12.5. The van der Waals surface area contributed by atoms with Crippen LogP contribution in [0.15, 0.2) is 11.6 Å². The summed E-state index contributed by atoms with van der Waals surface area (Å²) in [6, 6.07) is 0. The van der Waals surface area contributed by atoms with Gasteiger partial charge in [0, 0.05) is 30.1 Å². The van der Waals surface area contributed by atoms with E-state index < -0.39 is 5.41 Å². The summed E-state index contributed by atoms with van der Waals surface area (Å²) in [5.41, 5.74) is 0.777. The quantitative estimate of drug-likeness (QED) is 0.453. The van der Waals surface area contributed by atoms with Gasteiger partial charge in [0.25, 0.3) is 0 Å². The number of ketones is 2. The minimum Gasteiger partial charge on any atom is -0.469 e. The Bertz CT molecular complexity index is 870. The van der Waals surface area contributed by atoms with E-state index in [-0.39, 0.29) is 40.5 Å². The van der Waals surface area contributed by atoms with Crippen molar-refractivity contribution >= 4 is 17.5 Å². The molecular weight excluding hydrogens is 388 g/mol. The van der Waals surface area contributed by atoms with Crippen molar-refractivity contribution in [3.63, 3.8) is 0 Å². The molecule has 6 aliphatic carbocycles. The van der Waals surface area contributed by atoms with Crippen LogP contribution in [0.4, 0.5) is 0 Å². The zero-order chi connectivity index (χ0) is 22.3. The molecule has 0 aliphatic heterocycles. The number of hydrogen-bond acceptors (Lipinski definition) is 4. The van der Waals surface area contributed by atoms with Gasteiger partial charge in [-0.1, -0.05) is 38.8 Å². The van der Waals surface area contributed by atoms with Crippen LogP contribution in [0.25, 0.3) is 0 Å². The Morgan fingerprint density at radius 1 is 1.06 bits per heavy atom. The van der Waals surface area contributed by atoms with Crippen LogP contribution >= 0.6 is 0 Å². The van der Waals surface area contributed by atoms with E-state index in [0.29, 0.717) is 36.2 Å². The first-order valence-electron chi connectivity index (χ1n) is 12.5. The maximum Gasteiger partial charge on any atom is 0.311 e. The van der Waals surface area contributed by atoms with Crippen molar-refractivity contribution in [1.82, 2.24) is 0 Å². The Balaban J connectivity index is 1.65. The van der Waals surface area contributed by atoms with E-state index in [1.807, 2.05) is 0 Å². The second-order valence-electron chi connectivity index (χ2n) is 12.1. The minimum absolute atomic E-state index is 0.00242. The van der Waals surface area contributed by atoms with Crippen LogP contribution in [0.2, 0.25) is 0 Å². The molecule has 0 N–H and O–H groups in total. The lowest BCUT2D eigenvalue weighted by molar-refractivity contribution is -0.201. The topological polar surface area (TPSA) is 60.4 Å². The van der Waals surface area contributed by atoms with Crippen molar-refractivity contribution < 1.29 is 19.1 Å². The first-order chi connectivity index (χ1) is 14.6. The molecule has 0 aromatic heterocycles. The Kier molecular flexibility index (Phi) is 4.68. The van der Waals surface area contributed by atoms with Crippen LogP contribution in [0.5, 0.6) is 0 Å². The molecule has 170 valence electrons. The Hall–Kier alpha value is -1.45. The molecule has 0 aromatic carbocycles. The standard InChI is InChI=1S/C27H38O4/c1-15(2)17-14-27-12-9-20-25(3,10-6-11-26(20,4)24(30)31-5)21(27)13-16(17)22-18(28)7-8-19(29)23(22)27/h14-16,20-23H,6-13H2,1-5H3/t16?,20?,21?,22-,23+,25-,26+,27?/m0/s1. The maximum absolute atomic E-state index is 13.4. The molecule has 0 amide bonds. The number of Topliss-reactive ketones (excluding diaryl/α,β-unsaturated/α-hetero) is 2. The highest BCUT2D eigenvalue weighted by atomic mass is 16.5. The SMILES string of the molecule is COC(=O)[C@]1(C)CCC[C@]2(C)C3CC4C(C(C)C)=CC3(CCC21)[C@@H]1C(=O)CCC(=O)[C@H]41. The third-order valence-corrected chi connectivity index (χ3v) is 10.7. The number of fused-ring (bicyclic) bond motifs is 1. The average Bonchev–Trinajstić information content (AvgIpc) is 2.74. The zero-order valence-corrected chi connectivity index (χ0v) is 19.8. The summed E-state index contributed by atoms with van der Waals surface area (Å²) >= 11 is 0. The predicted molar refractivity (Wildman–Crippen MR) is 118 cm³/mol. The van der Waals surface area contributed by atoms with Crippen molar-refractivity contribution in [1.29, 1.82) is 0 Å². The average molecular weight is 427 g/mol. The lowest BCUT2D eigenvalue weighted by atomic mass is 9.33. The van der Waals surface area contributed by atoms with Crippen LogP contribution in [0.1, 0.15) is 79.1 Å². The summed E-state index contributed by atoms with van der Waals surface area (Å²) in [7, 11) is 1.51. The van der Waals surface area contributed by atoms with E-state index in [2.05, 4.69) is 33.8 Å². The molecule has 2 bridgehead atoms. The first kappa shape index (κ1) is 21.4. The Morgan fingerprint density at radius 3 is 2.45 bits per heavy atom. The molecule has 6 rings (SSSR count). The van der Waals surface area contributed by atoms with Crippen LogP contribution in [-0.2, 0) is 19.1 Å². The molecule has 0 radical (unpaired) electrons. The van der Waals surface area contributed by atoms with E-state index >= 15 is 0 Å². The summed E-state index contributed by atoms with van der Waals surface area (Å²) in [5.74, 6) is 1.61. The smallest absolute Gasteiger partial charge is 0.311 e. The van der Waals surface area contributed by atoms with Crippen molar-refractivity contribution in [2.24, 2.45) is 51.8 Å². The van der Waals surface area contributed by atoms with Gasteiger partial charge in [-0.25, -0.2) is 0 Å². The van der Waals surface area contributed by atoms with E-state index in [4.69, 9.17) is 4.74 Å². The van der Waals surface area contributed by atoms with Gasteiger partial charge in [-0.3, -0.25) is 14.4 Å². The molecule has 4 unspecified atom stereocenters. The molecular formula is C27H38O4. The van der Waals surface area contributed by atoms with E-state index in [9.17, 15) is 14.4 Å². The van der Waals surface area contributed by atoms with Crippen LogP contribution in [0.3, 0.4) is 0 Å². The molecule has 0 heterocycles. The van der Waals surface area contributed by atoms with Crippen molar-refractivity contribution in [2.75, 3.05) is 7.11 Å². The van der Waals surface area contributed by atoms with Crippen LogP contribution in [-0.4, -0.2) is 24.6 Å². The van der Waals surface area contributed by atoms with Crippen LogP contribution in [0, 0.1) is 51.8 Å². The fourth-order valence-corrected chi connectivity index (χ4v) is 9.56. The van der Waals surface area contributed by atoms with Gasteiger partial charge in [0.2, 0.25) is 0 Å². The lowest BCUT2D eigenvalue weighted by Crippen LogP contribution is -2.67. The molecule has 31 heavy (non-hydrogen) atoms. The maximum atomic E-state index is 13.4. The predicted octanol–water partition coefficient (Wildman–Crippen LogP) is 5.15. The Morgan fingerprint density at radius 2 is 1.77 bits per heavy atom. The lowest BCUT2D eigenvalue weighted by Gasteiger charge is -2.70. The van der Waals surface area contributed by atoms with Crippen molar-refractivity contribution in [3.05, 3.63) is 11.6 Å². The van der Waals surface area contributed by atoms with E-state index in [1.54, 1.807) is 0 Å². The molecule has 8 atom stereocenters. The van der Waals surface area contributed by atoms with Gasteiger partial charge in [-0.15, -0.1) is 0 Å². The number of carbonyl (C=O) groups is 3. The normalized spacial score (nSPS) is 48.6. The molecule has 4 saturated carbocycles. The molecule has 6 aliphatic rings. The number of esters is 1. The fraction of sp³-hybridized carbons (Fsp3) is 0.815. The molecule has 4 heteroatoms. The van der Waals surface area contributed by atoms with Gasteiger partial charge in [0.15, 0.2) is 0 Å². The second kappa shape index (κ2) is 6.78. The summed E-state index contributed by atoms with van der Waals surface area (Å²) in [6.07, 6.45) is 9.25. The summed E-state index contributed by atoms with van der Waals surface area (Å²) < 4.78 is 5.30. The highest BCUT2D eigenvalue weighted by Gasteiger charge is 2.70. The second-order valence-corrected chi connectivity index (χ2v) is 12.1. The number of hydrogen-bond donors (Lipinski definition) is 0. The third kappa shape index (κ3) is 2.57. The van der Waals surface area contributed by atoms with Gasteiger partial charge in [0.1, 0.15) is 11.6 Å². The highest BCUT2D eigenvalue weighted by molar-refractivity contribution is 5.98. The van der Waals surface area contributed by atoms with Gasteiger partial charge >= 0.3 is 5.97 Å². The van der Waals surface area contributed by atoms with Crippen LogP contribution < -0.4 is 0 Å². The summed E-state index contributed by atoms with van der Waals surface area (Å²) in [5, 5.41) is 0. The Labute approximate surface area is 186 Å². The van der Waals surface area contributed by atoms with Gasteiger partial charge in [0.05, 0.1) is 12.5 Å². The van der Waals surface area contributed by atoms with Gasteiger partial charge < -0.3 is 4.74 Å². The summed E-state index contributed by atoms with van der Waals surface area (Å²) in [4.78, 5) is 39.5. The highest BCUT2D eigenvalue weighted by Crippen LogP contribution is 2.74. The number of carbonyl (C=O) groups excluding carboxylic acids is 3. The minimum atomic E-state index is -0.448. The van der Waals surface area contributed by atoms with E-state index in [0.717, 1.165) is 38.5 Å². The molecule has 0 aromatic rings.